The molecule has 2 saturated carbocycles. The predicted molar refractivity (Wildman–Crippen MR) is 102 cm³/mol. The van der Waals surface area contributed by atoms with Crippen LogP contribution >= 0.6 is 0 Å². The normalized spacial score (nSPS) is 53.8. The highest BCUT2D eigenvalue weighted by atomic mass is 16.7. The summed E-state index contributed by atoms with van der Waals surface area (Å²) in [5.74, 6) is -1.23. The third-order valence-electron chi connectivity index (χ3n) is 7.70. The van der Waals surface area contributed by atoms with E-state index in [1.54, 1.807) is 6.92 Å². The molecule has 4 rings (SSSR count). The zero-order valence-corrected chi connectivity index (χ0v) is 17.2. The number of ether oxygens (including phenoxy) is 3. The highest BCUT2D eigenvalue weighted by Gasteiger charge is 2.59. The molecule has 0 spiro atoms. The van der Waals surface area contributed by atoms with Crippen molar-refractivity contribution in [3.63, 3.8) is 0 Å². The van der Waals surface area contributed by atoms with Gasteiger partial charge in [-0.05, 0) is 24.7 Å². The smallest absolute Gasteiger partial charge is 0.309 e. The average Bonchev–Trinajstić information content (AvgIpc) is 3.15. The summed E-state index contributed by atoms with van der Waals surface area (Å²) < 4.78 is 17.2. The van der Waals surface area contributed by atoms with Crippen LogP contribution in [-0.2, 0) is 19.0 Å². The number of fused-ring (bicyclic) bond motifs is 3. The first-order valence-electron chi connectivity index (χ1n) is 10.7. The Balaban J connectivity index is 1.54. The first-order chi connectivity index (χ1) is 14.1. The Kier molecular flexibility index (Phi) is 6.00. The van der Waals surface area contributed by atoms with Crippen LogP contribution in [0.4, 0.5) is 0 Å². The topological polar surface area (TPSA) is 146 Å². The molecule has 30 heavy (non-hydrogen) atoms. The quantitative estimate of drug-likeness (QED) is 0.280. The van der Waals surface area contributed by atoms with Gasteiger partial charge in [0.05, 0.1) is 24.7 Å². The predicted octanol–water partition coefficient (Wildman–Crippen LogP) is -1.06. The molecule has 0 unspecified atom stereocenters. The van der Waals surface area contributed by atoms with Crippen molar-refractivity contribution < 1.29 is 44.5 Å². The second-order valence-corrected chi connectivity index (χ2v) is 9.35. The summed E-state index contributed by atoms with van der Waals surface area (Å²) in [7, 11) is 0. The van der Waals surface area contributed by atoms with Gasteiger partial charge >= 0.3 is 5.97 Å². The lowest BCUT2D eigenvalue weighted by molar-refractivity contribution is -0.313. The van der Waals surface area contributed by atoms with Crippen molar-refractivity contribution in [3.05, 3.63) is 12.2 Å². The monoisotopic (exact) mass is 428 g/mol. The van der Waals surface area contributed by atoms with E-state index in [0.717, 1.165) is 5.57 Å². The van der Waals surface area contributed by atoms with Gasteiger partial charge in [-0.3, -0.25) is 4.79 Å². The molecule has 0 aromatic rings. The molecule has 4 aliphatic rings. The number of carbonyl (C=O) groups excluding carboxylic acids is 1. The van der Waals surface area contributed by atoms with Gasteiger partial charge in [-0.15, -0.1) is 0 Å². The molecule has 2 aliphatic heterocycles. The van der Waals surface area contributed by atoms with E-state index >= 15 is 0 Å². The lowest BCUT2D eigenvalue weighted by Gasteiger charge is -2.41. The van der Waals surface area contributed by atoms with Gasteiger partial charge in [0.15, 0.2) is 6.29 Å². The molecule has 13 atom stereocenters. The molecule has 5 N–H and O–H groups in total. The average molecular weight is 428 g/mol. The molecule has 9 nitrogen and oxygen atoms in total. The van der Waals surface area contributed by atoms with E-state index in [9.17, 15) is 30.3 Å². The van der Waals surface area contributed by atoms with Gasteiger partial charge in [0.25, 0.3) is 0 Å². The first kappa shape index (κ1) is 22.1. The minimum Gasteiger partial charge on any atom is -0.461 e. The summed E-state index contributed by atoms with van der Waals surface area (Å²) in [5.41, 5.74) is 0.886. The third-order valence-corrected chi connectivity index (χ3v) is 7.70. The molecule has 0 amide bonds. The highest BCUT2D eigenvalue weighted by molar-refractivity contribution is 5.75. The summed E-state index contributed by atoms with van der Waals surface area (Å²) in [6, 6.07) is 0. The van der Waals surface area contributed by atoms with Crippen molar-refractivity contribution >= 4 is 5.97 Å². The number of rotatable bonds is 3. The minimum absolute atomic E-state index is 0.0300. The van der Waals surface area contributed by atoms with Gasteiger partial charge < -0.3 is 39.7 Å². The summed E-state index contributed by atoms with van der Waals surface area (Å²) >= 11 is 0. The second-order valence-electron chi connectivity index (χ2n) is 9.35. The van der Waals surface area contributed by atoms with E-state index in [1.165, 1.54) is 0 Å². The molecule has 0 radical (unpaired) electrons. The van der Waals surface area contributed by atoms with Crippen molar-refractivity contribution in [2.24, 2.45) is 29.6 Å². The zero-order chi connectivity index (χ0) is 21.9. The van der Waals surface area contributed by atoms with E-state index in [0.29, 0.717) is 12.8 Å². The van der Waals surface area contributed by atoms with Gasteiger partial charge in [-0.1, -0.05) is 26.0 Å². The lowest BCUT2D eigenvalue weighted by atomic mass is 9.77. The molecule has 0 aromatic heterocycles. The fourth-order valence-corrected chi connectivity index (χ4v) is 5.94. The molecule has 170 valence electrons. The standard InChI is InChI=1S/C21H32O9/c1-7-4-11(23)15-9(3)20(27)30-19(15)14-8(2)12(5-10(7)14)28-21-18(26)17(25)16(24)13(6-22)29-21/h8-19,21-26H,1,4-6H2,2-3H3/t8-,9+,10+,11-,12+,13-,14+,15+,16-,17+,18-,19+,21-/m1/s1. The molecule has 4 fully saturated rings. The van der Waals surface area contributed by atoms with Crippen LogP contribution in [0.3, 0.4) is 0 Å². The number of aliphatic hydroxyl groups excluding tert-OH is 5. The van der Waals surface area contributed by atoms with Crippen LogP contribution in [0.2, 0.25) is 0 Å². The largest absolute Gasteiger partial charge is 0.461 e. The van der Waals surface area contributed by atoms with Crippen LogP contribution in [0, 0.1) is 29.6 Å². The van der Waals surface area contributed by atoms with Gasteiger partial charge in [0.1, 0.15) is 30.5 Å². The molecule has 9 heteroatoms. The molecular formula is C21H32O9. The zero-order valence-electron chi connectivity index (χ0n) is 17.2. The molecule has 0 bridgehead atoms. The molecular weight excluding hydrogens is 396 g/mol. The Morgan fingerprint density at radius 2 is 1.80 bits per heavy atom. The Bertz CT molecular complexity index is 681. The Hall–Kier alpha value is -1.07. The summed E-state index contributed by atoms with van der Waals surface area (Å²) in [5, 5.41) is 50.4. The van der Waals surface area contributed by atoms with Crippen molar-refractivity contribution in [3.8, 4) is 0 Å². The molecule has 2 heterocycles. The second kappa shape index (κ2) is 8.12. The number of aliphatic hydroxyl groups is 5. The van der Waals surface area contributed by atoms with Gasteiger partial charge in [0, 0.05) is 11.8 Å². The van der Waals surface area contributed by atoms with E-state index in [2.05, 4.69) is 6.58 Å². The number of hydrogen-bond donors (Lipinski definition) is 5. The Labute approximate surface area is 175 Å². The van der Waals surface area contributed by atoms with Crippen molar-refractivity contribution in [1.82, 2.24) is 0 Å². The maximum Gasteiger partial charge on any atom is 0.309 e. The van der Waals surface area contributed by atoms with E-state index in [4.69, 9.17) is 14.2 Å². The van der Waals surface area contributed by atoms with Gasteiger partial charge in [-0.2, -0.15) is 0 Å². The maximum atomic E-state index is 12.2. The van der Waals surface area contributed by atoms with Crippen LogP contribution in [0.1, 0.15) is 26.7 Å². The van der Waals surface area contributed by atoms with Crippen LogP contribution in [0.5, 0.6) is 0 Å². The van der Waals surface area contributed by atoms with Gasteiger partial charge in [-0.25, -0.2) is 0 Å². The number of hydrogen-bond acceptors (Lipinski definition) is 9. The van der Waals surface area contributed by atoms with Crippen LogP contribution in [-0.4, -0.2) is 87.1 Å². The van der Waals surface area contributed by atoms with Crippen molar-refractivity contribution in [1.29, 1.82) is 0 Å². The number of esters is 1. The van der Waals surface area contributed by atoms with E-state index in [-0.39, 0.29) is 35.7 Å². The SMILES string of the molecule is C=C1C[C@@H](O)[C@H]2[C@@H](OC(=O)[C@H]2C)[C@H]2[C@H](C)[C@@H](O[C@@H]3O[C@H](CO)[C@@H](O)[C@H](O)[C@H]3O)C[C@@H]12. The highest BCUT2D eigenvalue weighted by Crippen LogP contribution is 2.53. The fraction of sp³-hybridized carbons (Fsp3) is 0.857. The fourth-order valence-electron chi connectivity index (χ4n) is 5.94. The Morgan fingerprint density at radius 1 is 1.10 bits per heavy atom. The summed E-state index contributed by atoms with van der Waals surface area (Å²) in [6.45, 7) is 7.40. The van der Waals surface area contributed by atoms with Crippen molar-refractivity contribution in [2.45, 2.75) is 75.7 Å². The van der Waals surface area contributed by atoms with Crippen molar-refractivity contribution in [2.75, 3.05) is 6.61 Å². The molecule has 0 aromatic carbocycles. The van der Waals surface area contributed by atoms with Crippen LogP contribution in [0.25, 0.3) is 0 Å². The van der Waals surface area contributed by atoms with E-state index in [1.807, 2.05) is 6.92 Å². The van der Waals surface area contributed by atoms with E-state index < -0.39 is 55.4 Å². The minimum atomic E-state index is -1.51. The van der Waals surface area contributed by atoms with Crippen LogP contribution in [0.15, 0.2) is 12.2 Å². The third kappa shape index (κ3) is 3.40. The maximum absolute atomic E-state index is 12.2. The lowest BCUT2D eigenvalue weighted by Crippen LogP contribution is -2.59. The summed E-state index contributed by atoms with van der Waals surface area (Å²) in [4.78, 5) is 12.2. The first-order valence-corrected chi connectivity index (χ1v) is 10.7. The van der Waals surface area contributed by atoms with Crippen LogP contribution < -0.4 is 0 Å². The molecule has 2 aliphatic carbocycles. The molecule has 2 saturated heterocycles. The number of carbonyl (C=O) groups is 1. The summed E-state index contributed by atoms with van der Waals surface area (Å²) in [6.07, 6.45) is -7.25. The van der Waals surface area contributed by atoms with Gasteiger partial charge in [0.2, 0.25) is 0 Å². The Morgan fingerprint density at radius 3 is 2.47 bits per heavy atom.